The van der Waals surface area contributed by atoms with Crippen molar-refractivity contribution in [3.05, 3.63) is 46.2 Å². The van der Waals surface area contributed by atoms with Gasteiger partial charge in [0.25, 0.3) is 0 Å². The maximum atomic E-state index is 10.7. The first-order valence-electron chi connectivity index (χ1n) is 4.90. The highest BCUT2D eigenvalue weighted by Gasteiger charge is 2.06. The minimum Gasteiger partial charge on any atom is -0.478 e. The molecule has 86 valence electrons. The number of hydrogen-bond acceptors (Lipinski definition) is 3. The minimum absolute atomic E-state index is 0.0833. The first-order chi connectivity index (χ1) is 8.08. The molecule has 1 aromatic heterocycles. The second-order valence-electron chi connectivity index (χ2n) is 3.56. The molecule has 17 heavy (non-hydrogen) atoms. The highest BCUT2D eigenvalue weighted by Crippen LogP contribution is 2.22. The van der Waals surface area contributed by atoms with E-state index in [4.69, 9.17) is 5.11 Å². The van der Waals surface area contributed by atoms with Crippen molar-refractivity contribution in [2.24, 2.45) is 0 Å². The first-order valence-corrected chi connectivity index (χ1v) is 5.69. The molecule has 4 nitrogen and oxygen atoms in total. The molecule has 1 heterocycles. The molecule has 0 aliphatic rings. The molecule has 0 spiro atoms. The molecule has 0 unspecified atom stereocenters. The normalized spacial score (nSPS) is 10.2. The summed E-state index contributed by atoms with van der Waals surface area (Å²) in [4.78, 5) is 18.7. The average molecular weight is 293 g/mol. The van der Waals surface area contributed by atoms with Crippen molar-refractivity contribution in [2.75, 3.05) is 0 Å². The Kier molecular flexibility index (Phi) is 3.19. The Morgan fingerprint density at radius 2 is 1.94 bits per heavy atom. The molecular formula is C12H9BrN2O2. The summed E-state index contributed by atoms with van der Waals surface area (Å²) in [5.74, 6) is -0.516. The quantitative estimate of drug-likeness (QED) is 0.924. The van der Waals surface area contributed by atoms with E-state index in [0.717, 1.165) is 15.6 Å². The Morgan fingerprint density at radius 1 is 1.29 bits per heavy atom. The van der Waals surface area contributed by atoms with Crippen molar-refractivity contribution < 1.29 is 9.90 Å². The third-order valence-electron chi connectivity index (χ3n) is 2.33. The van der Waals surface area contributed by atoms with E-state index in [1.165, 1.54) is 12.4 Å². The summed E-state index contributed by atoms with van der Waals surface area (Å²) in [7, 11) is 0. The van der Waals surface area contributed by atoms with Gasteiger partial charge in [0, 0.05) is 22.4 Å². The highest BCUT2D eigenvalue weighted by molar-refractivity contribution is 9.10. The van der Waals surface area contributed by atoms with E-state index in [2.05, 4.69) is 25.9 Å². The third-order valence-corrected chi connectivity index (χ3v) is 3.18. The van der Waals surface area contributed by atoms with Crippen LogP contribution in [-0.2, 0) is 0 Å². The van der Waals surface area contributed by atoms with Crippen LogP contribution in [0.5, 0.6) is 0 Å². The largest absolute Gasteiger partial charge is 0.478 e. The lowest BCUT2D eigenvalue weighted by Gasteiger charge is -2.03. The van der Waals surface area contributed by atoms with Gasteiger partial charge in [0.05, 0.1) is 5.56 Å². The number of halogens is 1. The summed E-state index contributed by atoms with van der Waals surface area (Å²) < 4.78 is 0.973. The van der Waals surface area contributed by atoms with Gasteiger partial charge in [0.2, 0.25) is 0 Å². The number of hydrogen-bond donors (Lipinski definition) is 1. The average Bonchev–Trinajstić information content (AvgIpc) is 2.33. The van der Waals surface area contributed by atoms with Gasteiger partial charge in [-0.3, -0.25) is 0 Å². The van der Waals surface area contributed by atoms with Gasteiger partial charge in [-0.2, -0.15) is 0 Å². The molecule has 2 rings (SSSR count). The number of carboxylic acids is 1. The molecule has 0 aliphatic carbocycles. The molecule has 0 fully saturated rings. The van der Waals surface area contributed by atoms with Crippen molar-refractivity contribution in [2.45, 2.75) is 6.92 Å². The molecule has 1 N–H and O–H groups in total. The summed E-state index contributed by atoms with van der Waals surface area (Å²) in [5.41, 5.74) is 2.05. The number of aromatic carboxylic acids is 1. The molecule has 0 amide bonds. The van der Waals surface area contributed by atoms with Gasteiger partial charge < -0.3 is 5.11 Å². The predicted octanol–water partition coefficient (Wildman–Crippen LogP) is 2.91. The zero-order valence-electron chi connectivity index (χ0n) is 9.01. The molecule has 0 saturated carbocycles. The minimum atomic E-state index is -1.03. The number of nitrogens with zero attached hydrogens (tertiary/aromatic N) is 2. The van der Waals surface area contributed by atoms with Crippen LogP contribution in [0.1, 0.15) is 15.9 Å². The number of carbonyl (C=O) groups is 1. The van der Waals surface area contributed by atoms with Crippen LogP contribution in [0, 0.1) is 6.92 Å². The lowest BCUT2D eigenvalue weighted by atomic mass is 10.1. The zero-order valence-corrected chi connectivity index (χ0v) is 10.6. The van der Waals surface area contributed by atoms with Gasteiger partial charge >= 0.3 is 5.97 Å². The zero-order chi connectivity index (χ0) is 12.4. The van der Waals surface area contributed by atoms with Crippen LogP contribution in [0.2, 0.25) is 0 Å². The van der Waals surface area contributed by atoms with Crippen molar-refractivity contribution in [1.29, 1.82) is 0 Å². The number of aromatic nitrogens is 2. The van der Waals surface area contributed by atoms with Gasteiger partial charge in [-0.05, 0) is 18.6 Å². The van der Waals surface area contributed by atoms with Gasteiger partial charge in [-0.1, -0.05) is 28.1 Å². The standard InChI is InChI=1S/C12H9BrN2O2/c1-7-2-3-8(4-10(7)13)11-14-5-9(6-15-11)12(16)17/h2-6H,1H3,(H,16,17). The lowest BCUT2D eigenvalue weighted by Crippen LogP contribution is -1.99. The van der Waals surface area contributed by atoms with Gasteiger partial charge in [0.1, 0.15) is 0 Å². The maximum absolute atomic E-state index is 10.7. The summed E-state index contributed by atoms with van der Waals surface area (Å²) in [5, 5.41) is 8.74. The summed E-state index contributed by atoms with van der Waals surface area (Å²) >= 11 is 3.43. The maximum Gasteiger partial charge on any atom is 0.338 e. The Labute approximate surface area is 106 Å². The van der Waals surface area contributed by atoms with Crippen LogP contribution in [0.4, 0.5) is 0 Å². The molecule has 0 atom stereocenters. The summed E-state index contributed by atoms with van der Waals surface area (Å²) in [6.45, 7) is 1.99. The Morgan fingerprint density at radius 3 is 2.47 bits per heavy atom. The molecule has 5 heteroatoms. The molecule has 0 saturated heterocycles. The van der Waals surface area contributed by atoms with Gasteiger partial charge in [0.15, 0.2) is 5.82 Å². The van der Waals surface area contributed by atoms with Crippen molar-refractivity contribution in [3.63, 3.8) is 0 Å². The third kappa shape index (κ3) is 2.50. The first kappa shape index (κ1) is 11.7. The summed E-state index contributed by atoms with van der Waals surface area (Å²) in [6.07, 6.45) is 2.61. The van der Waals surface area contributed by atoms with E-state index in [1.807, 2.05) is 25.1 Å². The van der Waals surface area contributed by atoms with Crippen molar-refractivity contribution >= 4 is 21.9 Å². The Balaban J connectivity index is 2.39. The van der Waals surface area contributed by atoms with Gasteiger partial charge in [-0.25, -0.2) is 14.8 Å². The molecule has 0 radical (unpaired) electrons. The molecule has 1 aromatic carbocycles. The topological polar surface area (TPSA) is 63.1 Å². The van der Waals surface area contributed by atoms with E-state index in [9.17, 15) is 4.79 Å². The van der Waals surface area contributed by atoms with Crippen LogP contribution >= 0.6 is 15.9 Å². The smallest absolute Gasteiger partial charge is 0.338 e. The fourth-order valence-electron chi connectivity index (χ4n) is 1.32. The molecule has 2 aromatic rings. The number of rotatable bonds is 2. The highest BCUT2D eigenvalue weighted by atomic mass is 79.9. The number of carboxylic acid groups (broad SMARTS) is 1. The molecule has 0 aliphatic heterocycles. The van der Waals surface area contributed by atoms with E-state index >= 15 is 0 Å². The predicted molar refractivity (Wildman–Crippen MR) is 66.9 cm³/mol. The van der Waals surface area contributed by atoms with Crippen LogP contribution in [0.25, 0.3) is 11.4 Å². The van der Waals surface area contributed by atoms with E-state index < -0.39 is 5.97 Å². The van der Waals surface area contributed by atoms with Crippen LogP contribution in [0.3, 0.4) is 0 Å². The van der Waals surface area contributed by atoms with Crippen molar-refractivity contribution in [1.82, 2.24) is 9.97 Å². The van der Waals surface area contributed by atoms with Crippen LogP contribution < -0.4 is 0 Å². The SMILES string of the molecule is Cc1ccc(-c2ncc(C(=O)O)cn2)cc1Br. The lowest BCUT2D eigenvalue weighted by molar-refractivity contribution is 0.0696. The van der Waals surface area contributed by atoms with E-state index in [-0.39, 0.29) is 5.56 Å². The van der Waals surface area contributed by atoms with Crippen LogP contribution in [0.15, 0.2) is 35.1 Å². The van der Waals surface area contributed by atoms with E-state index in [0.29, 0.717) is 5.82 Å². The van der Waals surface area contributed by atoms with E-state index in [1.54, 1.807) is 0 Å². The van der Waals surface area contributed by atoms with Crippen LogP contribution in [-0.4, -0.2) is 21.0 Å². The second-order valence-corrected chi connectivity index (χ2v) is 4.42. The van der Waals surface area contributed by atoms with Crippen molar-refractivity contribution in [3.8, 4) is 11.4 Å². The monoisotopic (exact) mass is 292 g/mol. The summed E-state index contributed by atoms with van der Waals surface area (Å²) in [6, 6.07) is 5.76. The number of aryl methyl sites for hydroxylation is 1. The number of benzene rings is 1. The molecule has 0 bridgehead atoms. The second kappa shape index (κ2) is 4.63. The Hall–Kier alpha value is -1.75. The van der Waals surface area contributed by atoms with Gasteiger partial charge in [-0.15, -0.1) is 0 Å². The Bertz CT molecular complexity index is 567. The fraction of sp³-hybridized carbons (Fsp3) is 0.0833. The fourth-order valence-corrected chi connectivity index (χ4v) is 1.70. The molecular weight excluding hydrogens is 284 g/mol.